The van der Waals surface area contributed by atoms with Crippen molar-refractivity contribution in [3.63, 3.8) is 0 Å². The van der Waals surface area contributed by atoms with Crippen LogP contribution in [-0.2, 0) is 9.59 Å². The van der Waals surface area contributed by atoms with Crippen LogP contribution in [-0.4, -0.2) is 29.4 Å². The van der Waals surface area contributed by atoms with Crippen LogP contribution in [0.2, 0.25) is 0 Å². The maximum Gasteiger partial charge on any atom is 0.269 e. The Balaban J connectivity index is 1.52. The largest absolute Gasteiger partial charge is 0.476 e. The number of para-hydroxylation sites is 2. The van der Waals surface area contributed by atoms with Crippen molar-refractivity contribution in [2.45, 2.75) is 26.9 Å². The molecule has 28 heavy (non-hydrogen) atoms. The van der Waals surface area contributed by atoms with Crippen LogP contribution < -0.4 is 15.0 Å². The van der Waals surface area contributed by atoms with Crippen LogP contribution in [0, 0.1) is 13.8 Å². The Bertz CT molecular complexity index is 1060. The Kier molecular flexibility index (Phi) is 4.91. The fourth-order valence-electron chi connectivity index (χ4n) is 3.19. The molecule has 0 aliphatic carbocycles. The van der Waals surface area contributed by atoms with Crippen LogP contribution in [0.5, 0.6) is 5.75 Å². The predicted molar refractivity (Wildman–Crippen MR) is 112 cm³/mol. The maximum atomic E-state index is 12.8. The number of thiophene rings is 1. The van der Waals surface area contributed by atoms with Gasteiger partial charge in [-0.05, 0) is 32.0 Å². The van der Waals surface area contributed by atoms with E-state index in [4.69, 9.17) is 4.74 Å². The number of thiazole rings is 1. The van der Waals surface area contributed by atoms with Gasteiger partial charge in [-0.15, -0.1) is 22.7 Å². The van der Waals surface area contributed by atoms with E-state index in [1.165, 1.54) is 28.0 Å². The van der Waals surface area contributed by atoms with E-state index in [0.717, 1.165) is 11.3 Å². The summed E-state index contributed by atoms with van der Waals surface area (Å²) in [6, 6.07) is 9.32. The van der Waals surface area contributed by atoms with Gasteiger partial charge in [0.1, 0.15) is 5.75 Å². The molecule has 1 unspecified atom stereocenters. The molecule has 2 amide bonds. The number of aromatic nitrogens is 1. The Morgan fingerprint density at radius 1 is 1.29 bits per heavy atom. The van der Waals surface area contributed by atoms with Crippen LogP contribution in [0.4, 0.5) is 10.8 Å². The van der Waals surface area contributed by atoms with Gasteiger partial charge in [0, 0.05) is 27.6 Å². The molecule has 0 fully saturated rings. The normalized spacial score (nSPS) is 15.7. The average Bonchev–Trinajstić information content (AvgIpc) is 3.26. The molecule has 0 radical (unpaired) electrons. The number of nitrogens with one attached hydrogen (secondary N) is 1. The molecule has 1 aliphatic heterocycles. The zero-order valence-corrected chi connectivity index (χ0v) is 17.3. The van der Waals surface area contributed by atoms with E-state index in [-0.39, 0.29) is 18.4 Å². The van der Waals surface area contributed by atoms with Crippen molar-refractivity contribution in [2.24, 2.45) is 0 Å². The SMILES string of the molecule is CC(=O)N1CC(C(=O)Nc2nc(-c3cc(C)sc3C)cs2)Oc2ccccc21. The molecule has 1 aliphatic rings. The van der Waals surface area contributed by atoms with Crippen molar-refractivity contribution in [2.75, 3.05) is 16.8 Å². The summed E-state index contributed by atoms with van der Waals surface area (Å²) >= 11 is 3.10. The van der Waals surface area contributed by atoms with E-state index in [1.54, 1.807) is 22.3 Å². The van der Waals surface area contributed by atoms with Crippen molar-refractivity contribution in [3.8, 4) is 17.0 Å². The number of ether oxygens (including phenoxy) is 1. The highest BCUT2D eigenvalue weighted by Crippen LogP contribution is 2.34. The van der Waals surface area contributed by atoms with Crippen molar-refractivity contribution in [1.82, 2.24) is 4.98 Å². The number of nitrogens with zero attached hydrogens (tertiary/aromatic N) is 2. The molecule has 1 aromatic carbocycles. The summed E-state index contributed by atoms with van der Waals surface area (Å²) in [6.07, 6.45) is -0.795. The lowest BCUT2D eigenvalue weighted by molar-refractivity contribution is -0.123. The zero-order valence-electron chi connectivity index (χ0n) is 15.7. The highest BCUT2D eigenvalue weighted by Gasteiger charge is 2.32. The highest BCUT2D eigenvalue weighted by atomic mass is 32.1. The van der Waals surface area contributed by atoms with E-state index in [0.29, 0.717) is 16.6 Å². The molecular weight excluding hydrogens is 394 g/mol. The van der Waals surface area contributed by atoms with Gasteiger partial charge < -0.3 is 9.64 Å². The fraction of sp³-hybridized carbons (Fsp3) is 0.250. The lowest BCUT2D eigenvalue weighted by Crippen LogP contribution is -2.48. The van der Waals surface area contributed by atoms with Crippen LogP contribution in [0.3, 0.4) is 0 Å². The summed E-state index contributed by atoms with van der Waals surface area (Å²) in [5.41, 5.74) is 2.62. The monoisotopic (exact) mass is 413 g/mol. The molecule has 2 aromatic heterocycles. The van der Waals surface area contributed by atoms with E-state index in [2.05, 4.69) is 30.2 Å². The summed E-state index contributed by atoms with van der Waals surface area (Å²) in [4.78, 5) is 33.3. The summed E-state index contributed by atoms with van der Waals surface area (Å²) in [5.74, 6) is 0.0709. The summed E-state index contributed by atoms with van der Waals surface area (Å²) in [7, 11) is 0. The lowest BCUT2D eigenvalue weighted by Gasteiger charge is -2.33. The Morgan fingerprint density at radius 2 is 2.07 bits per heavy atom. The average molecular weight is 414 g/mol. The fourth-order valence-corrected chi connectivity index (χ4v) is 4.84. The van der Waals surface area contributed by atoms with E-state index >= 15 is 0 Å². The number of anilines is 2. The van der Waals surface area contributed by atoms with Crippen LogP contribution in [0.1, 0.15) is 16.7 Å². The maximum absolute atomic E-state index is 12.8. The standard InChI is InChI=1S/C20H19N3O3S2/c1-11-8-14(12(2)28-11)15-10-27-20(21-15)22-19(25)18-9-23(13(3)24)16-6-4-5-7-17(16)26-18/h4-8,10,18H,9H2,1-3H3,(H,21,22,25). The summed E-state index contributed by atoms with van der Waals surface area (Å²) in [5, 5.41) is 5.27. The first-order valence-corrected chi connectivity index (χ1v) is 10.5. The highest BCUT2D eigenvalue weighted by molar-refractivity contribution is 7.14. The molecule has 3 heterocycles. The lowest BCUT2D eigenvalue weighted by atomic mass is 10.2. The van der Waals surface area contributed by atoms with E-state index in [9.17, 15) is 9.59 Å². The molecule has 4 rings (SSSR count). The van der Waals surface area contributed by atoms with Gasteiger partial charge in [0.25, 0.3) is 5.91 Å². The van der Waals surface area contributed by atoms with Gasteiger partial charge >= 0.3 is 0 Å². The first-order valence-electron chi connectivity index (χ1n) is 8.80. The van der Waals surface area contributed by atoms with Gasteiger partial charge in [0.05, 0.1) is 17.9 Å². The molecular formula is C20H19N3O3S2. The van der Waals surface area contributed by atoms with Gasteiger partial charge in [0.15, 0.2) is 11.2 Å². The van der Waals surface area contributed by atoms with Gasteiger partial charge in [-0.3, -0.25) is 14.9 Å². The third-order valence-corrected chi connectivity index (χ3v) is 6.22. The van der Waals surface area contributed by atoms with Gasteiger partial charge in [-0.1, -0.05) is 12.1 Å². The molecule has 6 nitrogen and oxygen atoms in total. The quantitative estimate of drug-likeness (QED) is 0.697. The first-order chi connectivity index (χ1) is 13.4. The molecule has 144 valence electrons. The number of rotatable bonds is 3. The minimum Gasteiger partial charge on any atom is -0.476 e. The van der Waals surface area contributed by atoms with Gasteiger partial charge in [0.2, 0.25) is 5.91 Å². The molecule has 0 saturated heterocycles. The molecule has 0 saturated carbocycles. The number of aryl methyl sites for hydroxylation is 2. The predicted octanol–water partition coefficient (Wildman–Crippen LogP) is 4.24. The smallest absolute Gasteiger partial charge is 0.269 e. The first kappa shape index (κ1) is 18.6. The second-order valence-electron chi connectivity index (χ2n) is 6.56. The van der Waals surface area contributed by atoms with Crippen molar-refractivity contribution < 1.29 is 14.3 Å². The molecule has 1 N–H and O–H groups in total. The second kappa shape index (κ2) is 7.37. The third-order valence-electron chi connectivity index (χ3n) is 4.50. The second-order valence-corrected chi connectivity index (χ2v) is 8.88. The Morgan fingerprint density at radius 3 is 2.79 bits per heavy atom. The van der Waals surface area contributed by atoms with Crippen molar-refractivity contribution in [3.05, 3.63) is 45.5 Å². The molecule has 8 heteroatoms. The summed E-state index contributed by atoms with van der Waals surface area (Å²) in [6.45, 7) is 5.78. The minimum atomic E-state index is -0.795. The Labute approximate surface area is 170 Å². The molecule has 1 atom stereocenters. The van der Waals surface area contributed by atoms with Crippen molar-refractivity contribution >= 4 is 45.3 Å². The number of carbonyl (C=O) groups excluding carboxylic acids is 2. The third kappa shape index (κ3) is 3.53. The Hall–Kier alpha value is -2.71. The number of amides is 2. The zero-order chi connectivity index (χ0) is 19.8. The number of carbonyl (C=O) groups is 2. The number of benzene rings is 1. The topological polar surface area (TPSA) is 71.5 Å². The number of hydrogen-bond donors (Lipinski definition) is 1. The molecule has 3 aromatic rings. The number of fused-ring (bicyclic) bond motifs is 1. The molecule has 0 bridgehead atoms. The van der Waals surface area contributed by atoms with Crippen LogP contribution in [0.15, 0.2) is 35.7 Å². The van der Waals surface area contributed by atoms with Gasteiger partial charge in [-0.25, -0.2) is 4.98 Å². The minimum absolute atomic E-state index is 0.131. The number of hydrogen-bond acceptors (Lipinski definition) is 6. The van der Waals surface area contributed by atoms with Crippen LogP contribution >= 0.6 is 22.7 Å². The van der Waals surface area contributed by atoms with Gasteiger partial charge in [-0.2, -0.15) is 0 Å². The molecule has 0 spiro atoms. The summed E-state index contributed by atoms with van der Waals surface area (Å²) < 4.78 is 5.83. The van der Waals surface area contributed by atoms with E-state index in [1.807, 2.05) is 23.6 Å². The van der Waals surface area contributed by atoms with E-state index < -0.39 is 6.10 Å². The van der Waals surface area contributed by atoms with Crippen molar-refractivity contribution in [1.29, 1.82) is 0 Å². The van der Waals surface area contributed by atoms with Crippen LogP contribution in [0.25, 0.3) is 11.3 Å².